The number of Topliss-reactive ketones (excluding diaryl/α,β-unsaturated/α-hetero) is 1. The van der Waals surface area contributed by atoms with Crippen molar-refractivity contribution in [3.8, 4) is 0 Å². The molecule has 0 spiro atoms. The highest BCUT2D eigenvalue weighted by molar-refractivity contribution is 5.83. The zero-order chi connectivity index (χ0) is 11.8. The first kappa shape index (κ1) is 12.0. The minimum absolute atomic E-state index is 0.0162. The number of likely N-dealkylation sites (tertiary alicyclic amines) is 1. The number of ether oxygens (including phenoxy) is 1. The first-order valence-electron chi connectivity index (χ1n) is 5.22. The molecule has 4 heteroatoms. The van der Waals surface area contributed by atoms with Gasteiger partial charge in [0, 0.05) is 12.6 Å². The molecule has 0 saturated carbocycles. The molecule has 1 aliphatic rings. The van der Waals surface area contributed by atoms with Gasteiger partial charge in [0.1, 0.15) is 11.4 Å². The van der Waals surface area contributed by atoms with Gasteiger partial charge in [0.05, 0.1) is 5.92 Å². The van der Waals surface area contributed by atoms with Gasteiger partial charge in [-0.25, -0.2) is 4.79 Å². The molecule has 0 radical (unpaired) electrons. The Morgan fingerprint density at radius 3 is 2.20 bits per heavy atom. The smallest absolute Gasteiger partial charge is 0.410 e. The van der Waals surface area contributed by atoms with Crippen molar-refractivity contribution in [3.63, 3.8) is 0 Å². The van der Waals surface area contributed by atoms with Crippen molar-refractivity contribution in [2.45, 2.75) is 46.3 Å². The number of hydrogen-bond donors (Lipinski definition) is 0. The lowest BCUT2D eigenvalue weighted by Crippen LogP contribution is -2.60. The molecule has 0 aromatic heterocycles. The third-order valence-corrected chi connectivity index (χ3v) is 2.62. The third kappa shape index (κ3) is 2.70. The van der Waals surface area contributed by atoms with Crippen molar-refractivity contribution in [3.05, 3.63) is 0 Å². The fourth-order valence-electron chi connectivity index (χ4n) is 1.64. The van der Waals surface area contributed by atoms with Gasteiger partial charge in [-0.2, -0.15) is 0 Å². The maximum atomic E-state index is 11.6. The van der Waals surface area contributed by atoms with E-state index >= 15 is 0 Å². The Labute approximate surface area is 90.6 Å². The van der Waals surface area contributed by atoms with Gasteiger partial charge in [0.2, 0.25) is 0 Å². The average Bonchev–Trinajstić information content (AvgIpc) is 1.97. The molecular weight excluding hydrogens is 194 g/mol. The predicted octanol–water partition coefficient (Wildman–Crippen LogP) is 1.83. The van der Waals surface area contributed by atoms with E-state index in [-0.39, 0.29) is 23.8 Å². The highest BCUT2D eigenvalue weighted by Crippen LogP contribution is 2.27. The molecule has 1 heterocycles. The lowest BCUT2D eigenvalue weighted by molar-refractivity contribution is -0.128. The molecule has 0 aromatic carbocycles. The normalized spacial score (nSPS) is 25.8. The topological polar surface area (TPSA) is 46.6 Å². The predicted molar refractivity (Wildman–Crippen MR) is 56.6 cm³/mol. The Morgan fingerprint density at radius 1 is 1.33 bits per heavy atom. The summed E-state index contributed by atoms with van der Waals surface area (Å²) in [4.78, 5) is 24.3. The van der Waals surface area contributed by atoms with Crippen LogP contribution < -0.4 is 0 Å². The maximum absolute atomic E-state index is 11.6. The second-order valence-electron chi connectivity index (χ2n) is 5.09. The second-order valence-corrected chi connectivity index (χ2v) is 5.09. The minimum atomic E-state index is -0.474. The lowest BCUT2D eigenvalue weighted by atomic mass is 9.87. The SMILES string of the molecule is CC(=O)C1CN(C(=O)OC(C)(C)C)C1C. The highest BCUT2D eigenvalue weighted by Gasteiger charge is 2.42. The van der Waals surface area contributed by atoms with Crippen LogP contribution in [-0.4, -0.2) is 35.0 Å². The molecule has 0 N–H and O–H groups in total. The van der Waals surface area contributed by atoms with Gasteiger partial charge >= 0.3 is 6.09 Å². The Hall–Kier alpha value is -1.06. The van der Waals surface area contributed by atoms with E-state index < -0.39 is 5.60 Å². The summed E-state index contributed by atoms with van der Waals surface area (Å²) in [6, 6.07) is -0.0302. The number of rotatable bonds is 1. The first-order valence-corrected chi connectivity index (χ1v) is 5.22. The quantitative estimate of drug-likeness (QED) is 0.667. The molecule has 1 saturated heterocycles. The molecule has 86 valence electrons. The molecule has 2 unspecified atom stereocenters. The number of hydrogen-bond acceptors (Lipinski definition) is 3. The summed E-state index contributed by atoms with van der Waals surface area (Å²) >= 11 is 0. The molecule has 1 rings (SSSR count). The van der Waals surface area contributed by atoms with Crippen LogP contribution in [0, 0.1) is 5.92 Å². The van der Waals surface area contributed by atoms with Gasteiger partial charge in [-0.15, -0.1) is 0 Å². The molecular formula is C11H19NO3. The van der Waals surface area contributed by atoms with Gasteiger partial charge in [0.25, 0.3) is 0 Å². The number of carbonyl (C=O) groups excluding carboxylic acids is 2. The van der Waals surface area contributed by atoms with Gasteiger partial charge in [0.15, 0.2) is 0 Å². The fourth-order valence-corrected chi connectivity index (χ4v) is 1.64. The summed E-state index contributed by atoms with van der Waals surface area (Å²) in [5.74, 6) is 0.125. The van der Waals surface area contributed by atoms with E-state index in [1.807, 2.05) is 27.7 Å². The van der Waals surface area contributed by atoms with Crippen molar-refractivity contribution in [2.75, 3.05) is 6.54 Å². The monoisotopic (exact) mass is 213 g/mol. The molecule has 0 aliphatic carbocycles. The van der Waals surface area contributed by atoms with Crippen LogP contribution in [-0.2, 0) is 9.53 Å². The molecule has 0 aromatic rings. The van der Waals surface area contributed by atoms with Gasteiger partial charge in [-0.3, -0.25) is 4.79 Å². The van der Waals surface area contributed by atoms with E-state index in [4.69, 9.17) is 4.74 Å². The second kappa shape index (κ2) is 3.83. The molecule has 1 fully saturated rings. The van der Waals surface area contributed by atoms with E-state index in [1.165, 1.54) is 0 Å². The summed E-state index contributed by atoms with van der Waals surface area (Å²) in [6.07, 6.45) is -0.326. The summed E-state index contributed by atoms with van der Waals surface area (Å²) in [6.45, 7) is 9.42. The third-order valence-electron chi connectivity index (χ3n) is 2.62. The summed E-state index contributed by atoms with van der Waals surface area (Å²) in [7, 11) is 0. The first-order chi connectivity index (χ1) is 6.72. The number of nitrogens with zero attached hydrogens (tertiary/aromatic N) is 1. The zero-order valence-electron chi connectivity index (χ0n) is 10.0. The van der Waals surface area contributed by atoms with Gasteiger partial charge in [-0.1, -0.05) is 0 Å². The fraction of sp³-hybridized carbons (Fsp3) is 0.818. The largest absolute Gasteiger partial charge is 0.444 e. The molecule has 0 bridgehead atoms. The Bertz CT molecular complexity index is 280. The minimum Gasteiger partial charge on any atom is -0.444 e. The van der Waals surface area contributed by atoms with Crippen LogP contribution in [0.5, 0.6) is 0 Å². The molecule has 4 nitrogen and oxygen atoms in total. The van der Waals surface area contributed by atoms with Crippen LogP contribution in [0.15, 0.2) is 0 Å². The Kier molecular flexibility index (Phi) is 3.07. The molecule has 2 atom stereocenters. The van der Waals surface area contributed by atoms with Crippen LogP contribution >= 0.6 is 0 Å². The zero-order valence-corrected chi connectivity index (χ0v) is 10.0. The van der Waals surface area contributed by atoms with E-state index in [9.17, 15) is 9.59 Å². The van der Waals surface area contributed by atoms with Crippen molar-refractivity contribution < 1.29 is 14.3 Å². The van der Waals surface area contributed by atoms with E-state index in [1.54, 1.807) is 11.8 Å². The number of amides is 1. The summed E-state index contributed by atoms with van der Waals surface area (Å²) in [5.41, 5.74) is -0.474. The highest BCUT2D eigenvalue weighted by atomic mass is 16.6. The van der Waals surface area contributed by atoms with Gasteiger partial charge in [-0.05, 0) is 34.6 Å². The molecule has 15 heavy (non-hydrogen) atoms. The Morgan fingerprint density at radius 2 is 1.87 bits per heavy atom. The number of ketones is 1. The lowest BCUT2D eigenvalue weighted by Gasteiger charge is -2.45. The van der Waals surface area contributed by atoms with Crippen molar-refractivity contribution in [1.82, 2.24) is 4.90 Å². The van der Waals surface area contributed by atoms with Crippen LogP contribution in [0.3, 0.4) is 0 Å². The van der Waals surface area contributed by atoms with Crippen LogP contribution in [0.1, 0.15) is 34.6 Å². The van der Waals surface area contributed by atoms with Crippen molar-refractivity contribution >= 4 is 11.9 Å². The Balaban J connectivity index is 2.49. The molecule has 1 aliphatic heterocycles. The maximum Gasteiger partial charge on any atom is 0.410 e. The van der Waals surface area contributed by atoms with E-state index in [0.29, 0.717) is 6.54 Å². The standard InChI is InChI=1S/C11H19NO3/c1-7-9(8(2)13)6-12(7)10(14)15-11(3,4)5/h7,9H,6H2,1-5H3. The van der Waals surface area contributed by atoms with E-state index in [0.717, 1.165) is 0 Å². The van der Waals surface area contributed by atoms with Crippen molar-refractivity contribution in [1.29, 1.82) is 0 Å². The summed E-state index contributed by atoms with van der Waals surface area (Å²) in [5, 5.41) is 0. The molecule has 1 amide bonds. The number of carbonyl (C=O) groups is 2. The average molecular weight is 213 g/mol. The van der Waals surface area contributed by atoms with Crippen LogP contribution in [0.4, 0.5) is 4.79 Å². The van der Waals surface area contributed by atoms with E-state index in [2.05, 4.69) is 0 Å². The van der Waals surface area contributed by atoms with Crippen molar-refractivity contribution in [2.24, 2.45) is 5.92 Å². The van der Waals surface area contributed by atoms with Crippen LogP contribution in [0.2, 0.25) is 0 Å². The van der Waals surface area contributed by atoms with Gasteiger partial charge < -0.3 is 9.64 Å². The van der Waals surface area contributed by atoms with Crippen LogP contribution in [0.25, 0.3) is 0 Å². The summed E-state index contributed by atoms with van der Waals surface area (Å²) < 4.78 is 5.22.